The van der Waals surface area contributed by atoms with Gasteiger partial charge < -0.3 is 16.0 Å². The highest BCUT2D eigenvalue weighted by atomic mass is 35.5. The summed E-state index contributed by atoms with van der Waals surface area (Å²) >= 11 is 0. The minimum atomic E-state index is -0.448. The van der Waals surface area contributed by atoms with E-state index in [0.717, 1.165) is 48.0 Å². The highest BCUT2D eigenvalue weighted by Gasteiger charge is 2.24. The van der Waals surface area contributed by atoms with Gasteiger partial charge in [-0.15, -0.1) is 12.4 Å². The van der Waals surface area contributed by atoms with Gasteiger partial charge in [-0.25, -0.2) is 0 Å². The number of aromatic nitrogens is 2. The molecule has 1 saturated heterocycles. The number of benzene rings is 2. The summed E-state index contributed by atoms with van der Waals surface area (Å²) in [5.41, 5.74) is 8.56. The van der Waals surface area contributed by atoms with Crippen LogP contribution in [0.15, 0.2) is 42.5 Å². The van der Waals surface area contributed by atoms with Gasteiger partial charge in [-0.1, -0.05) is 18.2 Å². The maximum Gasteiger partial charge on any atom is 0.248 e. The molecule has 2 heterocycles. The van der Waals surface area contributed by atoms with Crippen LogP contribution in [-0.2, 0) is 4.79 Å². The Kier molecular flexibility index (Phi) is 6.20. The summed E-state index contributed by atoms with van der Waals surface area (Å²) in [6.45, 7) is 1.87. The number of piperidine rings is 1. The van der Waals surface area contributed by atoms with Crippen molar-refractivity contribution < 1.29 is 9.59 Å². The van der Waals surface area contributed by atoms with E-state index in [1.165, 1.54) is 0 Å². The molecule has 1 aliphatic heterocycles. The number of halogens is 1. The van der Waals surface area contributed by atoms with Gasteiger partial charge in [-0.2, -0.15) is 5.10 Å². The van der Waals surface area contributed by atoms with Crippen LogP contribution in [-0.4, -0.2) is 47.0 Å². The minimum Gasteiger partial charge on any atom is -0.366 e. The number of primary amides is 1. The number of nitrogens with two attached hydrogens (primary N) is 1. The SMILES string of the molecule is CN1CCC(C(=O)Nc2n[nH]c3ccc(-c4ccc(C(N)=O)cc4)cc23)CC1.Cl. The van der Waals surface area contributed by atoms with E-state index in [1.807, 2.05) is 30.3 Å². The van der Waals surface area contributed by atoms with Gasteiger partial charge in [0.05, 0.1) is 5.52 Å². The molecule has 8 heteroatoms. The van der Waals surface area contributed by atoms with Crippen LogP contribution < -0.4 is 11.1 Å². The molecule has 0 spiro atoms. The standard InChI is InChI=1S/C21H23N5O2.ClH/c1-26-10-8-15(9-11-26)21(28)23-20-17-12-16(6-7-18(17)24-25-20)13-2-4-14(5-3-13)19(22)27;/h2-7,12,15H,8-11H2,1H3,(H2,22,27)(H2,23,24,25,28);1H. The van der Waals surface area contributed by atoms with Gasteiger partial charge in [0.2, 0.25) is 11.8 Å². The molecule has 0 atom stereocenters. The quantitative estimate of drug-likeness (QED) is 0.611. The highest BCUT2D eigenvalue weighted by Crippen LogP contribution is 2.28. The van der Waals surface area contributed by atoms with Crippen molar-refractivity contribution >= 4 is 40.9 Å². The minimum absolute atomic E-state index is 0. The predicted octanol–water partition coefficient (Wildman–Crippen LogP) is 3.03. The third-order valence-corrected chi connectivity index (χ3v) is 5.40. The van der Waals surface area contributed by atoms with Gasteiger partial charge in [0.1, 0.15) is 0 Å². The van der Waals surface area contributed by atoms with E-state index in [4.69, 9.17) is 5.73 Å². The van der Waals surface area contributed by atoms with Crippen molar-refractivity contribution in [3.63, 3.8) is 0 Å². The van der Waals surface area contributed by atoms with E-state index in [2.05, 4.69) is 27.5 Å². The lowest BCUT2D eigenvalue weighted by molar-refractivity contribution is -0.121. The number of H-pyrrole nitrogens is 1. The summed E-state index contributed by atoms with van der Waals surface area (Å²) in [6, 6.07) is 13.0. The van der Waals surface area contributed by atoms with Crippen LogP contribution in [0.3, 0.4) is 0 Å². The topological polar surface area (TPSA) is 104 Å². The van der Waals surface area contributed by atoms with Crippen molar-refractivity contribution in [2.75, 3.05) is 25.5 Å². The number of nitrogens with zero attached hydrogens (tertiary/aromatic N) is 2. The number of aromatic amines is 1. The van der Waals surface area contributed by atoms with Gasteiger partial charge in [-0.05, 0) is 68.4 Å². The number of amides is 2. The first kappa shape index (κ1) is 20.8. The fourth-order valence-corrected chi connectivity index (χ4v) is 3.61. The highest BCUT2D eigenvalue weighted by molar-refractivity contribution is 6.01. The first-order chi connectivity index (χ1) is 13.5. The van der Waals surface area contributed by atoms with E-state index in [-0.39, 0.29) is 24.2 Å². The third-order valence-electron chi connectivity index (χ3n) is 5.40. The fourth-order valence-electron chi connectivity index (χ4n) is 3.61. The molecule has 0 aliphatic carbocycles. The van der Waals surface area contributed by atoms with Crippen molar-refractivity contribution in [2.45, 2.75) is 12.8 Å². The summed E-state index contributed by atoms with van der Waals surface area (Å²) in [7, 11) is 2.08. The normalized spacial score (nSPS) is 15.1. The van der Waals surface area contributed by atoms with Crippen LogP contribution >= 0.6 is 12.4 Å². The number of nitrogens with one attached hydrogen (secondary N) is 2. The molecule has 152 valence electrons. The second kappa shape index (κ2) is 8.63. The van der Waals surface area contributed by atoms with Crippen LogP contribution in [0.2, 0.25) is 0 Å². The Bertz CT molecular complexity index is 1020. The monoisotopic (exact) mass is 413 g/mol. The molecule has 0 saturated carbocycles. The predicted molar refractivity (Wildman–Crippen MR) is 116 cm³/mol. The zero-order valence-corrected chi connectivity index (χ0v) is 17.0. The number of carbonyl (C=O) groups excluding carboxylic acids is 2. The number of hydrogen-bond donors (Lipinski definition) is 3. The summed E-state index contributed by atoms with van der Waals surface area (Å²) in [5, 5.41) is 11.1. The molecule has 29 heavy (non-hydrogen) atoms. The fraction of sp³-hybridized carbons (Fsp3) is 0.286. The van der Waals surface area contributed by atoms with Crippen molar-refractivity contribution in [1.29, 1.82) is 0 Å². The third kappa shape index (κ3) is 4.41. The van der Waals surface area contributed by atoms with Crippen molar-refractivity contribution in [3.05, 3.63) is 48.0 Å². The van der Waals surface area contributed by atoms with Gasteiger partial charge >= 0.3 is 0 Å². The van der Waals surface area contributed by atoms with Crippen LogP contribution in [0.4, 0.5) is 5.82 Å². The molecule has 3 aromatic rings. The van der Waals surface area contributed by atoms with E-state index in [9.17, 15) is 9.59 Å². The molecule has 4 rings (SSSR count). The zero-order valence-electron chi connectivity index (χ0n) is 16.1. The summed E-state index contributed by atoms with van der Waals surface area (Å²) in [4.78, 5) is 26.1. The molecule has 2 amide bonds. The van der Waals surface area contributed by atoms with Crippen LogP contribution in [0, 0.1) is 5.92 Å². The Morgan fingerprint density at radius 1 is 1.10 bits per heavy atom. The Morgan fingerprint density at radius 3 is 2.41 bits per heavy atom. The molecule has 1 aliphatic rings. The lowest BCUT2D eigenvalue weighted by Gasteiger charge is -2.27. The van der Waals surface area contributed by atoms with Crippen molar-refractivity contribution in [3.8, 4) is 11.1 Å². The average Bonchev–Trinajstić information content (AvgIpc) is 3.10. The van der Waals surface area contributed by atoms with Crippen LogP contribution in [0.1, 0.15) is 23.2 Å². The number of carbonyl (C=O) groups is 2. The largest absolute Gasteiger partial charge is 0.366 e. The van der Waals surface area contributed by atoms with Crippen LogP contribution in [0.25, 0.3) is 22.0 Å². The molecule has 1 aromatic heterocycles. The summed E-state index contributed by atoms with van der Waals surface area (Å²) in [5.74, 6) is 0.149. The maximum atomic E-state index is 12.6. The lowest BCUT2D eigenvalue weighted by atomic mass is 9.96. The number of likely N-dealkylation sites (tertiary alicyclic amines) is 1. The molecule has 0 bridgehead atoms. The molecule has 7 nitrogen and oxygen atoms in total. The van der Waals surface area contributed by atoms with E-state index < -0.39 is 5.91 Å². The number of hydrogen-bond acceptors (Lipinski definition) is 4. The van der Waals surface area contributed by atoms with Crippen molar-refractivity contribution in [2.24, 2.45) is 11.7 Å². The van der Waals surface area contributed by atoms with Gasteiger partial charge in [-0.3, -0.25) is 14.7 Å². The maximum absolute atomic E-state index is 12.6. The summed E-state index contributed by atoms with van der Waals surface area (Å²) < 4.78 is 0. The molecule has 0 radical (unpaired) electrons. The first-order valence-corrected chi connectivity index (χ1v) is 9.39. The zero-order chi connectivity index (χ0) is 19.7. The second-order valence-corrected chi connectivity index (χ2v) is 7.34. The number of anilines is 1. The molecule has 2 aromatic carbocycles. The second-order valence-electron chi connectivity index (χ2n) is 7.34. The van der Waals surface area contributed by atoms with Gasteiger partial charge in [0.15, 0.2) is 5.82 Å². The van der Waals surface area contributed by atoms with Crippen LogP contribution in [0.5, 0.6) is 0 Å². The molecule has 1 fully saturated rings. The lowest BCUT2D eigenvalue weighted by Crippen LogP contribution is -2.36. The molecular formula is C21H24ClN5O2. The van der Waals surface area contributed by atoms with Crippen molar-refractivity contribution in [1.82, 2.24) is 15.1 Å². The van der Waals surface area contributed by atoms with Gasteiger partial charge in [0.25, 0.3) is 0 Å². The number of rotatable bonds is 4. The average molecular weight is 414 g/mol. The Morgan fingerprint density at radius 2 is 1.76 bits per heavy atom. The van der Waals surface area contributed by atoms with E-state index >= 15 is 0 Å². The Balaban J connectivity index is 0.00000240. The summed E-state index contributed by atoms with van der Waals surface area (Å²) in [6.07, 6.45) is 1.73. The number of fused-ring (bicyclic) bond motifs is 1. The molecular weight excluding hydrogens is 390 g/mol. The Hall–Kier alpha value is -2.90. The first-order valence-electron chi connectivity index (χ1n) is 9.39. The van der Waals surface area contributed by atoms with Gasteiger partial charge in [0, 0.05) is 16.9 Å². The smallest absolute Gasteiger partial charge is 0.248 e. The van der Waals surface area contributed by atoms with E-state index in [1.54, 1.807) is 12.1 Å². The Labute approximate surface area is 175 Å². The molecule has 0 unspecified atom stereocenters. The molecule has 4 N–H and O–H groups in total. The van der Waals surface area contributed by atoms with E-state index in [0.29, 0.717) is 11.4 Å².